The molecule has 1 N–H and O–H groups in total. The quantitative estimate of drug-likeness (QED) is 0.539. The lowest BCUT2D eigenvalue weighted by Gasteiger charge is -2.11. The summed E-state index contributed by atoms with van der Waals surface area (Å²) >= 11 is 0. The van der Waals surface area contributed by atoms with Gasteiger partial charge in [0.2, 0.25) is 5.91 Å². The van der Waals surface area contributed by atoms with Gasteiger partial charge >= 0.3 is 0 Å². The standard InChI is InChI=1S/C20H24N2O5/c1-14-4-6-15(7-5-14)8-9-20(23)21-11-10-16-12-18(26-2)19(27-3)13-17(16)22(24)25/h4-7,12-13H,8-11H2,1-3H3,(H,21,23). The molecule has 0 heterocycles. The van der Waals surface area contributed by atoms with Gasteiger partial charge in [-0.2, -0.15) is 0 Å². The molecule has 2 aromatic carbocycles. The molecule has 7 heteroatoms. The molecule has 0 atom stereocenters. The zero-order chi connectivity index (χ0) is 19.8. The van der Waals surface area contributed by atoms with Crippen molar-refractivity contribution in [3.05, 3.63) is 63.2 Å². The fourth-order valence-corrected chi connectivity index (χ4v) is 2.72. The van der Waals surface area contributed by atoms with Crippen LogP contribution in [-0.2, 0) is 17.6 Å². The zero-order valence-corrected chi connectivity index (χ0v) is 15.8. The summed E-state index contributed by atoms with van der Waals surface area (Å²) in [6, 6.07) is 11.0. The minimum Gasteiger partial charge on any atom is -0.493 e. The average molecular weight is 372 g/mol. The first-order valence-corrected chi connectivity index (χ1v) is 8.66. The molecule has 2 aromatic rings. The molecule has 0 aliphatic carbocycles. The fourth-order valence-electron chi connectivity index (χ4n) is 2.72. The summed E-state index contributed by atoms with van der Waals surface area (Å²) in [5.74, 6) is 0.637. The maximum atomic E-state index is 12.0. The van der Waals surface area contributed by atoms with Crippen molar-refractivity contribution in [1.82, 2.24) is 5.32 Å². The molecule has 7 nitrogen and oxygen atoms in total. The third kappa shape index (κ3) is 5.70. The Kier molecular flexibility index (Phi) is 7.16. The van der Waals surface area contributed by atoms with Crippen LogP contribution in [0.3, 0.4) is 0 Å². The number of nitrogens with zero attached hydrogens (tertiary/aromatic N) is 1. The lowest BCUT2D eigenvalue weighted by Crippen LogP contribution is -2.26. The molecule has 27 heavy (non-hydrogen) atoms. The SMILES string of the molecule is COc1cc(CCNC(=O)CCc2ccc(C)cc2)c([N+](=O)[O-])cc1OC. The van der Waals surface area contributed by atoms with E-state index in [0.29, 0.717) is 42.9 Å². The number of carbonyl (C=O) groups excluding carboxylic acids is 1. The number of rotatable bonds is 9. The number of benzene rings is 2. The summed E-state index contributed by atoms with van der Waals surface area (Å²) in [5, 5.41) is 14.1. The second kappa shape index (κ2) is 9.56. The fraction of sp³-hybridized carbons (Fsp3) is 0.350. The van der Waals surface area contributed by atoms with E-state index in [1.165, 1.54) is 25.8 Å². The van der Waals surface area contributed by atoms with E-state index in [1.54, 1.807) is 6.07 Å². The molecule has 2 rings (SSSR count). The van der Waals surface area contributed by atoms with Gasteiger partial charge < -0.3 is 14.8 Å². The van der Waals surface area contributed by atoms with E-state index in [0.717, 1.165) is 5.56 Å². The number of amides is 1. The minimum absolute atomic E-state index is 0.0541. The van der Waals surface area contributed by atoms with Crippen LogP contribution in [0.15, 0.2) is 36.4 Å². The monoisotopic (exact) mass is 372 g/mol. The van der Waals surface area contributed by atoms with Crippen LogP contribution in [0.25, 0.3) is 0 Å². The van der Waals surface area contributed by atoms with Crippen LogP contribution in [0.5, 0.6) is 11.5 Å². The summed E-state index contributed by atoms with van der Waals surface area (Å²) in [4.78, 5) is 22.9. The Morgan fingerprint density at radius 3 is 2.30 bits per heavy atom. The first kappa shape index (κ1) is 20.2. The van der Waals surface area contributed by atoms with Crippen molar-refractivity contribution >= 4 is 11.6 Å². The summed E-state index contributed by atoms with van der Waals surface area (Å²) in [5.41, 5.74) is 2.71. The molecule has 0 aliphatic rings. The third-order valence-corrected chi connectivity index (χ3v) is 4.26. The second-order valence-corrected chi connectivity index (χ2v) is 6.18. The molecule has 0 spiro atoms. The number of hydrogen-bond acceptors (Lipinski definition) is 5. The number of ether oxygens (including phenoxy) is 2. The van der Waals surface area contributed by atoms with Crippen LogP contribution >= 0.6 is 0 Å². The first-order valence-electron chi connectivity index (χ1n) is 8.66. The van der Waals surface area contributed by atoms with Gasteiger partial charge in [0.25, 0.3) is 5.69 Å². The third-order valence-electron chi connectivity index (χ3n) is 4.26. The molecule has 0 saturated carbocycles. The summed E-state index contributed by atoms with van der Waals surface area (Å²) in [7, 11) is 2.90. The lowest BCUT2D eigenvalue weighted by molar-refractivity contribution is -0.385. The van der Waals surface area contributed by atoms with E-state index < -0.39 is 4.92 Å². The van der Waals surface area contributed by atoms with Gasteiger partial charge in [-0.25, -0.2) is 0 Å². The van der Waals surface area contributed by atoms with Crippen LogP contribution in [0.2, 0.25) is 0 Å². The highest BCUT2D eigenvalue weighted by Gasteiger charge is 2.19. The zero-order valence-electron chi connectivity index (χ0n) is 15.8. The Bertz CT molecular complexity index is 803. The lowest BCUT2D eigenvalue weighted by atomic mass is 10.1. The van der Waals surface area contributed by atoms with Gasteiger partial charge in [0, 0.05) is 18.5 Å². The summed E-state index contributed by atoms with van der Waals surface area (Å²) in [6.07, 6.45) is 1.35. The normalized spacial score (nSPS) is 10.3. The number of nitro groups is 1. The Balaban J connectivity index is 1.92. The maximum Gasteiger partial charge on any atom is 0.276 e. The van der Waals surface area contributed by atoms with Crippen molar-refractivity contribution in [1.29, 1.82) is 0 Å². The molecule has 0 unspecified atom stereocenters. The van der Waals surface area contributed by atoms with Crippen LogP contribution in [0.4, 0.5) is 5.69 Å². The van der Waals surface area contributed by atoms with Crippen molar-refractivity contribution in [3.8, 4) is 11.5 Å². The van der Waals surface area contributed by atoms with Crippen molar-refractivity contribution in [2.24, 2.45) is 0 Å². The number of nitro benzene ring substituents is 1. The molecule has 0 radical (unpaired) electrons. The van der Waals surface area contributed by atoms with Crippen LogP contribution in [0, 0.1) is 17.0 Å². The van der Waals surface area contributed by atoms with Gasteiger partial charge in [-0.1, -0.05) is 29.8 Å². The number of hydrogen-bond donors (Lipinski definition) is 1. The predicted molar refractivity (Wildman–Crippen MR) is 102 cm³/mol. The summed E-state index contributed by atoms with van der Waals surface area (Å²) < 4.78 is 10.3. The van der Waals surface area contributed by atoms with E-state index in [9.17, 15) is 14.9 Å². The van der Waals surface area contributed by atoms with Crippen molar-refractivity contribution in [3.63, 3.8) is 0 Å². The van der Waals surface area contributed by atoms with E-state index >= 15 is 0 Å². The maximum absolute atomic E-state index is 12.0. The van der Waals surface area contributed by atoms with Crippen LogP contribution in [-0.4, -0.2) is 31.6 Å². The topological polar surface area (TPSA) is 90.7 Å². The number of carbonyl (C=O) groups is 1. The van der Waals surface area contributed by atoms with Crippen LogP contribution < -0.4 is 14.8 Å². The van der Waals surface area contributed by atoms with E-state index in [4.69, 9.17) is 9.47 Å². The molecule has 0 aromatic heterocycles. The first-order chi connectivity index (χ1) is 12.9. The van der Waals surface area contributed by atoms with Gasteiger partial charge in [-0.3, -0.25) is 14.9 Å². The number of nitrogens with one attached hydrogen (secondary N) is 1. The van der Waals surface area contributed by atoms with Gasteiger partial charge in [0.1, 0.15) is 0 Å². The Labute approximate surface area is 158 Å². The van der Waals surface area contributed by atoms with Crippen LogP contribution in [0.1, 0.15) is 23.1 Å². The molecule has 144 valence electrons. The highest BCUT2D eigenvalue weighted by atomic mass is 16.6. The molecule has 0 bridgehead atoms. The van der Waals surface area contributed by atoms with Gasteiger partial charge in [-0.05, 0) is 31.4 Å². The number of methoxy groups -OCH3 is 2. The Morgan fingerprint density at radius 1 is 1.07 bits per heavy atom. The molecule has 0 aliphatic heterocycles. The molecule has 1 amide bonds. The predicted octanol–water partition coefficient (Wildman–Crippen LogP) is 3.21. The van der Waals surface area contributed by atoms with Gasteiger partial charge in [-0.15, -0.1) is 0 Å². The molecule has 0 saturated heterocycles. The summed E-state index contributed by atoms with van der Waals surface area (Å²) in [6.45, 7) is 2.33. The van der Waals surface area contributed by atoms with E-state index in [2.05, 4.69) is 5.32 Å². The Hall–Kier alpha value is -3.09. The number of aryl methyl sites for hydroxylation is 2. The largest absolute Gasteiger partial charge is 0.493 e. The van der Waals surface area contributed by atoms with E-state index in [-0.39, 0.29) is 11.6 Å². The second-order valence-electron chi connectivity index (χ2n) is 6.18. The Morgan fingerprint density at radius 2 is 1.70 bits per heavy atom. The smallest absolute Gasteiger partial charge is 0.276 e. The molecular weight excluding hydrogens is 348 g/mol. The van der Waals surface area contributed by atoms with Crippen molar-refractivity contribution in [2.45, 2.75) is 26.2 Å². The van der Waals surface area contributed by atoms with Gasteiger partial charge in [0.15, 0.2) is 11.5 Å². The minimum atomic E-state index is -0.462. The van der Waals surface area contributed by atoms with Crippen molar-refractivity contribution in [2.75, 3.05) is 20.8 Å². The highest BCUT2D eigenvalue weighted by Crippen LogP contribution is 2.34. The van der Waals surface area contributed by atoms with Gasteiger partial charge in [0.05, 0.1) is 25.2 Å². The molecule has 0 fully saturated rings. The highest BCUT2D eigenvalue weighted by molar-refractivity contribution is 5.76. The average Bonchev–Trinajstić information content (AvgIpc) is 2.66. The van der Waals surface area contributed by atoms with Crippen molar-refractivity contribution < 1.29 is 19.2 Å². The van der Waals surface area contributed by atoms with E-state index in [1.807, 2.05) is 31.2 Å². The molecular formula is C20H24N2O5.